The summed E-state index contributed by atoms with van der Waals surface area (Å²) in [5.41, 5.74) is 1.15. The number of likely N-dealkylation sites (N-methyl/N-ethyl adjacent to an activating group) is 1. The van der Waals surface area contributed by atoms with Gasteiger partial charge in [-0.2, -0.15) is 0 Å². The lowest BCUT2D eigenvalue weighted by Crippen LogP contribution is -2.33. The molecule has 0 bridgehead atoms. The van der Waals surface area contributed by atoms with Crippen LogP contribution in [-0.2, 0) is 6.42 Å². The molecule has 0 fully saturated rings. The predicted molar refractivity (Wildman–Crippen MR) is 89.8 cm³/mol. The maximum absolute atomic E-state index is 12.6. The average molecular weight is 333 g/mol. The van der Waals surface area contributed by atoms with Gasteiger partial charge in [-0.05, 0) is 25.0 Å². The van der Waals surface area contributed by atoms with Crippen LogP contribution in [0.25, 0.3) is 0 Å². The quantitative estimate of drug-likeness (QED) is 0.594. The molecule has 0 aromatic heterocycles. The van der Waals surface area contributed by atoms with Crippen LogP contribution < -0.4 is 0 Å². The maximum atomic E-state index is 12.6. The third-order valence-corrected chi connectivity index (χ3v) is 3.90. The molecule has 0 aliphatic heterocycles. The van der Waals surface area contributed by atoms with E-state index in [2.05, 4.69) is 0 Å². The van der Waals surface area contributed by atoms with Gasteiger partial charge in [0.1, 0.15) is 0 Å². The van der Waals surface area contributed by atoms with Crippen LogP contribution in [-0.4, -0.2) is 28.8 Å². The zero-order chi connectivity index (χ0) is 16.8. The highest BCUT2D eigenvalue weighted by molar-refractivity contribution is 6.33. The Morgan fingerprint density at radius 2 is 1.91 bits per heavy atom. The molecule has 0 saturated carbocycles. The normalized spacial score (nSPS) is 10.3. The summed E-state index contributed by atoms with van der Waals surface area (Å²) in [6.45, 7) is 2.90. The summed E-state index contributed by atoms with van der Waals surface area (Å²) in [6.07, 6.45) is 0.715. The second-order valence-corrected chi connectivity index (χ2v) is 5.45. The molecule has 23 heavy (non-hydrogen) atoms. The number of carbonyl (C=O) groups is 1. The first-order chi connectivity index (χ1) is 11.0. The van der Waals surface area contributed by atoms with Crippen molar-refractivity contribution in [3.63, 3.8) is 0 Å². The zero-order valence-electron chi connectivity index (χ0n) is 12.7. The molecular weight excluding hydrogens is 316 g/mol. The Balaban J connectivity index is 2.16. The van der Waals surface area contributed by atoms with Crippen LogP contribution in [0.3, 0.4) is 0 Å². The minimum absolute atomic E-state index is 0.142. The van der Waals surface area contributed by atoms with Crippen molar-refractivity contribution in [2.24, 2.45) is 0 Å². The molecule has 5 nitrogen and oxygen atoms in total. The molecule has 6 heteroatoms. The van der Waals surface area contributed by atoms with Crippen molar-refractivity contribution in [3.8, 4) is 0 Å². The molecule has 0 atom stereocenters. The highest BCUT2D eigenvalue weighted by Crippen LogP contribution is 2.23. The van der Waals surface area contributed by atoms with Crippen LogP contribution in [0.15, 0.2) is 48.5 Å². The molecule has 0 radical (unpaired) electrons. The number of hydrogen-bond acceptors (Lipinski definition) is 3. The van der Waals surface area contributed by atoms with Crippen LogP contribution >= 0.6 is 11.6 Å². The number of carbonyl (C=O) groups excluding carboxylic acids is 1. The molecule has 0 spiro atoms. The number of nitro groups is 1. The summed E-state index contributed by atoms with van der Waals surface area (Å²) in [4.78, 5) is 24.6. The lowest BCUT2D eigenvalue weighted by atomic mass is 10.1. The number of amides is 1. The van der Waals surface area contributed by atoms with E-state index in [-0.39, 0.29) is 22.2 Å². The minimum atomic E-state index is -0.534. The van der Waals surface area contributed by atoms with Gasteiger partial charge in [-0.1, -0.05) is 41.9 Å². The average Bonchev–Trinajstić information content (AvgIpc) is 2.56. The largest absolute Gasteiger partial charge is 0.339 e. The lowest BCUT2D eigenvalue weighted by Gasteiger charge is -2.21. The smallest absolute Gasteiger partial charge is 0.270 e. The van der Waals surface area contributed by atoms with Gasteiger partial charge in [0.25, 0.3) is 11.6 Å². The fourth-order valence-corrected chi connectivity index (χ4v) is 2.47. The minimum Gasteiger partial charge on any atom is -0.339 e. The van der Waals surface area contributed by atoms with Crippen molar-refractivity contribution in [2.45, 2.75) is 13.3 Å². The van der Waals surface area contributed by atoms with Gasteiger partial charge >= 0.3 is 0 Å². The van der Waals surface area contributed by atoms with Gasteiger partial charge in [0.15, 0.2) is 0 Å². The number of rotatable bonds is 6. The number of nitrogens with zero attached hydrogens (tertiary/aromatic N) is 2. The third-order valence-electron chi connectivity index (χ3n) is 3.57. The highest BCUT2D eigenvalue weighted by atomic mass is 35.5. The molecule has 0 aliphatic rings. The van der Waals surface area contributed by atoms with Crippen LogP contribution in [0, 0.1) is 10.1 Å². The number of hydrogen-bond donors (Lipinski definition) is 0. The summed E-state index contributed by atoms with van der Waals surface area (Å²) >= 11 is 6.04. The molecule has 2 aromatic carbocycles. The first kappa shape index (κ1) is 17.0. The summed E-state index contributed by atoms with van der Waals surface area (Å²) in [7, 11) is 0. The third kappa shape index (κ3) is 4.29. The van der Waals surface area contributed by atoms with Crippen molar-refractivity contribution in [1.29, 1.82) is 0 Å². The molecule has 0 N–H and O–H groups in total. The SMILES string of the molecule is CCN(CCc1ccccc1)C(=O)c1cc([N+](=O)[O-])ccc1Cl. The maximum Gasteiger partial charge on any atom is 0.270 e. The second-order valence-electron chi connectivity index (χ2n) is 5.04. The molecule has 0 unspecified atom stereocenters. The van der Waals surface area contributed by atoms with E-state index < -0.39 is 4.92 Å². The first-order valence-corrected chi connectivity index (χ1v) is 7.68. The van der Waals surface area contributed by atoms with Gasteiger partial charge < -0.3 is 4.90 Å². The summed E-state index contributed by atoms with van der Waals surface area (Å²) in [5.74, 6) is -0.294. The van der Waals surface area contributed by atoms with Gasteiger partial charge in [0, 0.05) is 25.2 Å². The standard InChI is InChI=1S/C17H17ClN2O3/c1-2-19(11-10-13-6-4-3-5-7-13)17(21)15-12-14(20(22)23)8-9-16(15)18/h3-9,12H,2,10-11H2,1H3. The van der Waals surface area contributed by atoms with Crippen molar-refractivity contribution in [1.82, 2.24) is 4.90 Å². The second kappa shape index (κ2) is 7.74. The van der Waals surface area contributed by atoms with Crippen LogP contribution in [0.4, 0.5) is 5.69 Å². The van der Waals surface area contributed by atoms with Gasteiger partial charge in [-0.3, -0.25) is 14.9 Å². The molecule has 0 saturated heterocycles. The van der Waals surface area contributed by atoms with E-state index in [0.29, 0.717) is 19.5 Å². The molecule has 120 valence electrons. The Morgan fingerprint density at radius 3 is 2.52 bits per heavy atom. The van der Waals surface area contributed by atoms with E-state index in [1.54, 1.807) is 4.90 Å². The Hall–Kier alpha value is -2.40. The van der Waals surface area contributed by atoms with Crippen molar-refractivity contribution < 1.29 is 9.72 Å². The topological polar surface area (TPSA) is 63.5 Å². The number of benzene rings is 2. The van der Waals surface area contributed by atoms with Crippen LogP contribution in [0.1, 0.15) is 22.8 Å². The van der Waals surface area contributed by atoms with Crippen molar-refractivity contribution in [3.05, 3.63) is 74.8 Å². The van der Waals surface area contributed by atoms with Gasteiger partial charge in [-0.15, -0.1) is 0 Å². The van der Waals surface area contributed by atoms with E-state index in [1.165, 1.54) is 18.2 Å². The lowest BCUT2D eigenvalue weighted by molar-refractivity contribution is -0.384. The van der Waals surface area contributed by atoms with Crippen LogP contribution in [0.2, 0.25) is 5.02 Å². The van der Waals surface area contributed by atoms with Crippen molar-refractivity contribution in [2.75, 3.05) is 13.1 Å². The number of non-ortho nitro benzene ring substituents is 1. The molecular formula is C17H17ClN2O3. The van der Waals surface area contributed by atoms with E-state index in [1.807, 2.05) is 37.3 Å². The van der Waals surface area contributed by atoms with Gasteiger partial charge in [0.2, 0.25) is 0 Å². The van der Waals surface area contributed by atoms with E-state index >= 15 is 0 Å². The Labute approximate surface area is 139 Å². The summed E-state index contributed by atoms with van der Waals surface area (Å²) in [6, 6.07) is 13.7. The highest BCUT2D eigenvalue weighted by Gasteiger charge is 2.20. The molecule has 2 rings (SSSR count). The molecule has 0 aliphatic carbocycles. The molecule has 2 aromatic rings. The Bertz CT molecular complexity index is 704. The fourth-order valence-electron chi connectivity index (χ4n) is 2.27. The zero-order valence-corrected chi connectivity index (χ0v) is 13.5. The monoisotopic (exact) mass is 332 g/mol. The Morgan fingerprint density at radius 1 is 1.22 bits per heavy atom. The first-order valence-electron chi connectivity index (χ1n) is 7.30. The molecule has 1 amide bonds. The Kier molecular flexibility index (Phi) is 5.71. The van der Waals surface area contributed by atoms with E-state index in [4.69, 9.17) is 11.6 Å². The van der Waals surface area contributed by atoms with E-state index in [0.717, 1.165) is 5.56 Å². The molecule has 0 heterocycles. The summed E-state index contributed by atoms with van der Waals surface area (Å²) in [5, 5.41) is 11.1. The van der Waals surface area contributed by atoms with E-state index in [9.17, 15) is 14.9 Å². The van der Waals surface area contributed by atoms with Crippen molar-refractivity contribution >= 4 is 23.2 Å². The fraction of sp³-hybridized carbons (Fsp3) is 0.235. The summed E-state index contributed by atoms with van der Waals surface area (Å²) < 4.78 is 0. The predicted octanol–water partition coefficient (Wildman–Crippen LogP) is 3.95. The van der Waals surface area contributed by atoms with Gasteiger partial charge in [0.05, 0.1) is 15.5 Å². The van der Waals surface area contributed by atoms with Gasteiger partial charge in [-0.25, -0.2) is 0 Å². The van der Waals surface area contributed by atoms with Crippen LogP contribution in [0.5, 0.6) is 0 Å². The number of nitro benzene ring substituents is 1. The number of halogens is 1.